The first-order valence-corrected chi connectivity index (χ1v) is 12.3. The third kappa shape index (κ3) is 4.76. The summed E-state index contributed by atoms with van der Waals surface area (Å²) in [6.07, 6.45) is 5.00. The number of H-pyrrole nitrogens is 1. The average molecular weight is 457 g/mol. The monoisotopic (exact) mass is 456 g/mol. The van der Waals surface area contributed by atoms with E-state index in [0.29, 0.717) is 23.8 Å². The van der Waals surface area contributed by atoms with Gasteiger partial charge in [0.1, 0.15) is 5.78 Å². The molecule has 1 saturated carbocycles. The van der Waals surface area contributed by atoms with E-state index in [4.69, 9.17) is 16.7 Å². The summed E-state index contributed by atoms with van der Waals surface area (Å²) in [6, 6.07) is 14.4. The number of Topliss-reactive ketones (excluding diaryl/α,β-unsaturated/α-hetero) is 1. The van der Waals surface area contributed by atoms with Crippen molar-refractivity contribution in [1.82, 2.24) is 4.98 Å². The van der Waals surface area contributed by atoms with Gasteiger partial charge in [0.25, 0.3) is 0 Å². The lowest BCUT2D eigenvalue weighted by atomic mass is 9.86. The van der Waals surface area contributed by atoms with E-state index >= 15 is 0 Å². The summed E-state index contributed by atoms with van der Waals surface area (Å²) in [5.74, 6) is 0.844. The fraction of sp³-hybridized carbons (Fsp3) is 0.292. The van der Waals surface area contributed by atoms with Crippen LogP contribution in [0.15, 0.2) is 59.6 Å². The number of hydrogen-bond donors (Lipinski definition) is 2. The van der Waals surface area contributed by atoms with Crippen molar-refractivity contribution in [2.75, 3.05) is 0 Å². The van der Waals surface area contributed by atoms with Crippen LogP contribution in [0.3, 0.4) is 0 Å². The van der Waals surface area contributed by atoms with Gasteiger partial charge in [0.05, 0.1) is 4.90 Å². The van der Waals surface area contributed by atoms with Gasteiger partial charge in [-0.15, -0.1) is 0 Å². The zero-order chi connectivity index (χ0) is 22.2. The Bertz CT molecular complexity index is 1190. The van der Waals surface area contributed by atoms with E-state index in [2.05, 4.69) is 17.1 Å². The molecule has 1 unspecified atom stereocenters. The summed E-state index contributed by atoms with van der Waals surface area (Å²) >= 11 is 6.10. The van der Waals surface area contributed by atoms with Crippen molar-refractivity contribution < 1.29 is 13.2 Å². The maximum Gasteiger partial charge on any atom is 0.238 e. The number of benzene rings is 2. The number of halogens is 1. The Hall–Kier alpha value is -2.41. The quantitative estimate of drug-likeness (QED) is 0.496. The van der Waals surface area contributed by atoms with E-state index in [1.54, 1.807) is 12.1 Å². The Labute approximate surface area is 187 Å². The number of nitrogens with one attached hydrogen (secondary N) is 1. The summed E-state index contributed by atoms with van der Waals surface area (Å²) in [6.45, 7) is 1.87. The van der Waals surface area contributed by atoms with Crippen LogP contribution in [0.4, 0.5) is 0 Å². The van der Waals surface area contributed by atoms with Crippen LogP contribution in [0.25, 0.3) is 11.1 Å². The highest BCUT2D eigenvalue weighted by Crippen LogP contribution is 2.48. The third-order valence-electron chi connectivity index (χ3n) is 5.92. The van der Waals surface area contributed by atoms with Crippen molar-refractivity contribution in [3.63, 3.8) is 0 Å². The number of carbonyl (C=O) groups is 1. The van der Waals surface area contributed by atoms with E-state index < -0.39 is 10.0 Å². The molecule has 3 aromatic rings. The summed E-state index contributed by atoms with van der Waals surface area (Å²) in [5.41, 5.74) is 4.96. The number of aromatic amines is 1. The molecule has 1 aromatic heterocycles. The van der Waals surface area contributed by atoms with Crippen molar-refractivity contribution in [1.29, 1.82) is 0 Å². The molecule has 0 saturated heterocycles. The highest BCUT2D eigenvalue weighted by molar-refractivity contribution is 7.89. The van der Waals surface area contributed by atoms with Crippen molar-refractivity contribution in [3.8, 4) is 11.1 Å². The number of primary sulfonamides is 1. The van der Waals surface area contributed by atoms with E-state index in [1.165, 1.54) is 17.7 Å². The van der Waals surface area contributed by atoms with Crippen LogP contribution < -0.4 is 5.14 Å². The predicted octanol–water partition coefficient (Wildman–Crippen LogP) is 5.05. The van der Waals surface area contributed by atoms with Crippen LogP contribution in [-0.2, 0) is 21.2 Å². The smallest absolute Gasteiger partial charge is 0.238 e. The van der Waals surface area contributed by atoms with Crippen LogP contribution in [0, 0.1) is 5.92 Å². The fourth-order valence-electron chi connectivity index (χ4n) is 4.12. The van der Waals surface area contributed by atoms with Gasteiger partial charge in [-0.2, -0.15) is 0 Å². The van der Waals surface area contributed by atoms with Gasteiger partial charge in [-0.1, -0.05) is 42.8 Å². The zero-order valence-corrected chi connectivity index (χ0v) is 18.8. The second-order valence-electron chi connectivity index (χ2n) is 8.10. The molecule has 0 aliphatic heterocycles. The van der Waals surface area contributed by atoms with E-state index in [-0.39, 0.29) is 16.6 Å². The molecule has 2 aromatic carbocycles. The average Bonchev–Trinajstić information content (AvgIpc) is 3.50. The highest BCUT2D eigenvalue weighted by atomic mass is 35.5. The van der Waals surface area contributed by atoms with Gasteiger partial charge in [0.15, 0.2) is 0 Å². The summed E-state index contributed by atoms with van der Waals surface area (Å²) < 4.78 is 23.2. The maximum absolute atomic E-state index is 12.5. The Morgan fingerprint density at radius 1 is 1.13 bits per heavy atom. The number of sulfonamides is 1. The molecule has 3 N–H and O–H groups in total. The second kappa shape index (κ2) is 8.61. The summed E-state index contributed by atoms with van der Waals surface area (Å²) in [5, 5.41) is 5.93. The number of aromatic nitrogens is 1. The topological polar surface area (TPSA) is 93.0 Å². The molecule has 0 amide bonds. The lowest BCUT2D eigenvalue weighted by molar-refractivity contribution is -0.118. The molecule has 31 heavy (non-hydrogen) atoms. The van der Waals surface area contributed by atoms with E-state index in [0.717, 1.165) is 35.2 Å². The Morgan fingerprint density at radius 3 is 2.32 bits per heavy atom. The molecule has 1 atom stereocenters. The van der Waals surface area contributed by atoms with Crippen molar-refractivity contribution in [2.24, 2.45) is 11.1 Å². The second-order valence-corrected chi connectivity index (χ2v) is 10.1. The largest absolute Gasteiger partial charge is 0.364 e. The molecular weight excluding hydrogens is 432 g/mol. The van der Waals surface area contributed by atoms with Gasteiger partial charge in [-0.25, -0.2) is 13.6 Å². The van der Waals surface area contributed by atoms with Crippen LogP contribution in [0.1, 0.15) is 48.9 Å². The minimum absolute atomic E-state index is 0.0650. The molecule has 1 aliphatic rings. The van der Waals surface area contributed by atoms with Gasteiger partial charge in [0.2, 0.25) is 10.0 Å². The lowest BCUT2D eigenvalue weighted by Crippen LogP contribution is -2.12. The van der Waals surface area contributed by atoms with Gasteiger partial charge in [-0.3, -0.25) is 4.79 Å². The number of rotatable bonds is 8. The number of hydrogen-bond acceptors (Lipinski definition) is 3. The SMILES string of the molecule is CCC(=O)Cc1c(-c2ccc(S(N)(=O)=O)cc2)c[nH]c1C(c1ccc(Cl)cc1)C1CC1. The molecule has 1 fully saturated rings. The van der Waals surface area contributed by atoms with Crippen molar-refractivity contribution in [3.05, 3.63) is 76.6 Å². The Balaban J connectivity index is 1.80. The van der Waals surface area contributed by atoms with Crippen LogP contribution in [0.5, 0.6) is 0 Å². The van der Waals surface area contributed by atoms with Crippen molar-refractivity contribution in [2.45, 2.75) is 43.4 Å². The Morgan fingerprint density at radius 2 is 1.77 bits per heavy atom. The molecule has 0 radical (unpaired) electrons. The van der Waals surface area contributed by atoms with Gasteiger partial charge >= 0.3 is 0 Å². The molecule has 5 nitrogen and oxygen atoms in total. The maximum atomic E-state index is 12.5. The molecule has 1 aliphatic carbocycles. The number of carbonyl (C=O) groups excluding carboxylic acids is 1. The van der Waals surface area contributed by atoms with Crippen LogP contribution >= 0.6 is 11.6 Å². The van der Waals surface area contributed by atoms with Crippen LogP contribution in [0.2, 0.25) is 5.02 Å². The van der Waals surface area contributed by atoms with Crippen LogP contribution in [-0.4, -0.2) is 19.2 Å². The van der Waals surface area contributed by atoms with Gasteiger partial charge < -0.3 is 4.98 Å². The van der Waals surface area contributed by atoms with E-state index in [1.807, 2.05) is 25.3 Å². The normalized spacial score (nSPS) is 15.1. The predicted molar refractivity (Wildman–Crippen MR) is 123 cm³/mol. The molecule has 0 spiro atoms. The number of ketones is 1. The highest BCUT2D eigenvalue weighted by Gasteiger charge is 2.36. The minimum atomic E-state index is -3.76. The first kappa shape index (κ1) is 21.8. The first-order valence-electron chi connectivity index (χ1n) is 10.4. The zero-order valence-electron chi connectivity index (χ0n) is 17.3. The summed E-state index contributed by atoms with van der Waals surface area (Å²) in [4.78, 5) is 16.0. The van der Waals surface area contributed by atoms with Crippen molar-refractivity contribution >= 4 is 27.4 Å². The van der Waals surface area contributed by atoms with Gasteiger partial charge in [0, 0.05) is 41.2 Å². The molecule has 1 heterocycles. The van der Waals surface area contributed by atoms with E-state index in [9.17, 15) is 13.2 Å². The summed E-state index contributed by atoms with van der Waals surface area (Å²) in [7, 11) is -3.76. The molecular formula is C24H25ClN2O3S. The standard InChI is InChI=1S/C24H25ClN2O3S/c1-2-19(28)13-21-22(15-7-11-20(12-8-15)31(26,29)30)14-27-24(21)23(16-3-4-16)17-5-9-18(25)10-6-17/h5-12,14,16,23,27H,2-4,13H2,1H3,(H2,26,29,30). The molecule has 4 rings (SSSR count). The minimum Gasteiger partial charge on any atom is -0.364 e. The number of nitrogens with two attached hydrogens (primary N) is 1. The van der Waals surface area contributed by atoms with Gasteiger partial charge in [-0.05, 0) is 59.7 Å². The Kier molecular flexibility index (Phi) is 6.06. The molecule has 7 heteroatoms. The third-order valence-corrected chi connectivity index (χ3v) is 7.10. The molecule has 0 bridgehead atoms. The fourth-order valence-corrected chi connectivity index (χ4v) is 4.76. The first-order chi connectivity index (χ1) is 14.8. The lowest BCUT2D eigenvalue weighted by Gasteiger charge is -2.19. The molecule has 162 valence electrons.